The lowest BCUT2D eigenvalue weighted by molar-refractivity contribution is 0.577. The molecule has 6 nitrogen and oxygen atoms in total. The third-order valence-corrected chi connectivity index (χ3v) is 4.28. The Morgan fingerprint density at radius 3 is 1.18 bits per heavy atom. The maximum Gasteiger partial charge on any atom is 0.248 e. The fourth-order valence-corrected chi connectivity index (χ4v) is 2.92. The van der Waals surface area contributed by atoms with Crippen LogP contribution in [-0.2, 0) is 0 Å². The first-order valence-corrected chi connectivity index (χ1v) is 8.76. The van der Waals surface area contributed by atoms with Crippen LogP contribution in [0.2, 0.25) is 0 Å². The van der Waals surface area contributed by atoms with Crippen molar-refractivity contribution in [2.24, 2.45) is 0 Å². The van der Waals surface area contributed by atoms with Crippen LogP contribution in [0.1, 0.15) is 0 Å². The van der Waals surface area contributed by atoms with E-state index in [0.717, 1.165) is 22.3 Å². The van der Waals surface area contributed by atoms with Crippen LogP contribution in [0.4, 0.5) is 0 Å². The van der Waals surface area contributed by atoms with Crippen LogP contribution < -0.4 is 0 Å². The summed E-state index contributed by atoms with van der Waals surface area (Å²) >= 11 is 0. The number of hydrogen-bond donors (Lipinski definition) is 0. The summed E-state index contributed by atoms with van der Waals surface area (Å²) in [5.74, 6) is 1.71. The van der Waals surface area contributed by atoms with Crippen molar-refractivity contribution < 1.29 is 8.83 Å². The van der Waals surface area contributed by atoms with Crippen molar-refractivity contribution in [2.45, 2.75) is 0 Å². The van der Waals surface area contributed by atoms with Gasteiger partial charge < -0.3 is 8.83 Å². The van der Waals surface area contributed by atoms with Crippen molar-refractivity contribution in [3.05, 3.63) is 84.9 Å². The highest BCUT2D eigenvalue weighted by atomic mass is 16.4. The topological polar surface area (TPSA) is 77.8 Å². The minimum atomic E-state index is 0.397. The van der Waals surface area contributed by atoms with Crippen molar-refractivity contribution in [1.82, 2.24) is 20.4 Å². The molecule has 0 aliphatic rings. The first-order chi connectivity index (χ1) is 13.9. The zero-order valence-corrected chi connectivity index (χ0v) is 14.7. The van der Waals surface area contributed by atoms with Crippen LogP contribution in [0.3, 0.4) is 0 Å². The number of benzene rings is 3. The van der Waals surface area contributed by atoms with Crippen LogP contribution in [0.15, 0.2) is 93.8 Å². The molecular formula is C22H14N4O2. The van der Waals surface area contributed by atoms with Crippen LogP contribution >= 0.6 is 0 Å². The first-order valence-electron chi connectivity index (χ1n) is 8.76. The Morgan fingerprint density at radius 1 is 0.393 bits per heavy atom. The molecule has 0 fully saturated rings. The van der Waals surface area contributed by atoms with Crippen molar-refractivity contribution in [2.75, 3.05) is 0 Å². The summed E-state index contributed by atoms with van der Waals surface area (Å²) in [5, 5.41) is 16.7. The smallest absolute Gasteiger partial charge is 0.248 e. The van der Waals surface area contributed by atoms with Gasteiger partial charge in [0.05, 0.1) is 11.1 Å². The third-order valence-electron chi connectivity index (χ3n) is 4.28. The molecule has 0 saturated carbocycles. The SMILES string of the molecule is c1ccc(-c2nnc(-c3ccccc3-c3nnc(-c4ccccc4)o3)o2)cc1. The van der Waals surface area contributed by atoms with Gasteiger partial charge in [0.2, 0.25) is 23.6 Å². The van der Waals surface area contributed by atoms with Gasteiger partial charge >= 0.3 is 0 Å². The van der Waals surface area contributed by atoms with Gasteiger partial charge in [-0.05, 0) is 36.4 Å². The standard InChI is InChI=1S/C22H14N4O2/c1-3-9-15(10-4-1)19-23-25-21(27-19)17-13-7-8-14-18(17)22-26-24-20(28-22)16-11-5-2-6-12-16/h1-14H. The van der Waals surface area contributed by atoms with Gasteiger partial charge in [0.15, 0.2) is 0 Å². The molecule has 0 saturated heterocycles. The van der Waals surface area contributed by atoms with E-state index in [0.29, 0.717) is 23.6 Å². The summed E-state index contributed by atoms with van der Waals surface area (Å²) < 4.78 is 11.8. The molecule has 0 aliphatic carbocycles. The molecule has 5 aromatic rings. The molecule has 2 heterocycles. The predicted octanol–water partition coefficient (Wildman–Crippen LogP) is 5.12. The monoisotopic (exact) mass is 366 g/mol. The molecule has 0 N–H and O–H groups in total. The Kier molecular flexibility index (Phi) is 3.99. The maximum atomic E-state index is 5.90. The lowest BCUT2D eigenvalue weighted by atomic mass is 10.1. The number of rotatable bonds is 4. The molecular weight excluding hydrogens is 352 g/mol. The predicted molar refractivity (Wildman–Crippen MR) is 104 cm³/mol. The average Bonchev–Trinajstić information content (AvgIpc) is 3.45. The summed E-state index contributed by atoms with van der Waals surface area (Å²) in [6.07, 6.45) is 0. The van der Waals surface area contributed by atoms with Gasteiger partial charge in [-0.2, -0.15) is 0 Å². The van der Waals surface area contributed by atoms with Crippen molar-refractivity contribution in [3.8, 4) is 45.8 Å². The molecule has 6 heteroatoms. The van der Waals surface area contributed by atoms with E-state index < -0.39 is 0 Å². The van der Waals surface area contributed by atoms with Gasteiger partial charge in [-0.15, -0.1) is 20.4 Å². The van der Waals surface area contributed by atoms with E-state index in [1.165, 1.54) is 0 Å². The highest BCUT2D eigenvalue weighted by Gasteiger charge is 2.18. The number of nitrogens with zero attached hydrogens (tertiary/aromatic N) is 4. The molecule has 28 heavy (non-hydrogen) atoms. The minimum absolute atomic E-state index is 0.397. The summed E-state index contributed by atoms with van der Waals surface area (Å²) in [4.78, 5) is 0. The zero-order valence-electron chi connectivity index (χ0n) is 14.7. The molecule has 2 aromatic heterocycles. The quantitative estimate of drug-likeness (QED) is 0.439. The van der Waals surface area contributed by atoms with Gasteiger partial charge in [-0.25, -0.2) is 0 Å². The largest absolute Gasteiger partial charge is 0.416 e. The fourth-order valence-electron chi connectivity index (χ4n) is 2.92. The van der Waals surface area contributed by atoms with E-state index in [4.69, 9.17) is 8.83 Å². The Balaban J connectivity index is 1.54. The summed E-state index contributed by atoms with van der Waals surface area (Å²) in [5.41, 5.74) is 3.20. The van der Waals surface area contributed by atoms with E-state index in [2.05, 4.69) is 20.4 Å². The highest BCUT2D eigenvalue weighted by molar-refractivity contribution is 5.76. The van der Waals surface area contributed by atoms with Gasteiger partial charge in [0, 0.05) is 11.1 Å². The zero-order chi connectivity index (χ0) is 18.8. The second-order valence-corrected chi connectivity index (χ2v) is 6.10. The van der Waals surface area contributed by atoms with Crippen LogP contribution in [-0.4, -0.2) is 20.4 Å². The molecule has 0 radical (unpaired) electrons. The Bertz CT molecular complexity index is 1120. The summed E-state index contributed by atoms with van der Waals surface area (Å²) in [7, 11) is 0. The van der Waals surface area contributed by atoms with E-state index in [1.807, 2.05) is 84.9 Å². The fraction of sp³-hybridized carbons (Fsp3) is 0. The van der Waals surface area contributed by atoms with Crippen LogP contribution in [0.5, 0.6) is 0 Å². The van der Waals surface area contributed by atoms with Crippen LogP contribution in [0.25, 0.3) is 45.8 Å². The molecule has 5 rings (SSSR count). The normalized spacial score (nSPS) is 10.9. The number of hydrogen-bond acceptors (Lipinski definition) is 6. The highest BCUT2D eigenvalue weighted by Crippen LogP contribution is 2.33. The van der Waals surface area contributed by atoms with Crippen LogP contribution in [0, 0.1) is 0 Å². The van der Waals surface area contributed by atoms with Gasteiger partial charge in [0.25, 0.3) is 0 Å². The van der Waals surface area contributed by atoms with E-state index in [9.17, 15) is 0 Å². The number of aromatic nitrogens is 4. The first kappa shape index (κ1) is 16.1. The van der Waals surface area contributed by atoms with Gasteiger partial charge in [-0.1, -0.05) is 48.5 Å². The molecule has 0 amide bonds. The maximum absolute atomic E-state index is 5.90. The molecule has 3 aromatic carbocycles. The molecule has 0 bridgehead atoms. The van der Waals surface area contributed by atoms with E-state index in [-0.39, 0.29) is 0 Å². The Labute approximate surface area is 160 Å². The minimum Gasteiger partial charge on any atom is -0.416 e. The third kappa shape index (κ3) is 2.97. The van der Waals surface area contributed by atoms with Crippen molar-refractivity contribution in [1.29, 1.82) is 0 Å². The molecule has 0 atom stereocenters. The van der Waals surface area contributed by atoms with Gasteiger partial charge in [-0.3, -0.25) is 0 Å². The second kappa shape index (κ2) is 6.92. The molecule has 134 valence electrons. The molecule has 0 spiro atoms. The lowest BCUT2D eigenvalue weighted by Crippen LogP contribution is -1.85. The second-order valence-electron chi connectivity index (χ2n) is 6.10. The average molecular weight is 366 g/mol. The van der Waals surface area contributed by atoms with Gasteiger partial charge in [0.1, 0.15) is 0 Å². The Morgan fingerprint density at radius 2 is 0.750 bits per heavy atom. The Hall–Kier alpha value is -4.06. The van der Waals surface area contributed by atoms with E-state index >= 15 is 0 Å². The van der Waals surface area contributed by atoms with Crippen molar-refractivity contribution >= 4 is 0 Å². The molecule has 0 unspecified atom stereocenters. The van der Waals surface area contributed by atoms with Crippen molar-refractivity contribution in [3.63, 3.8) is 0 Å². The summed E-state index contributed by atoms with van der Waals surface area (Å²) in [6, 6.07) is 26.9. The molecule has 0 aliphatic heterocycles. The van der Waals surface area contributed by atoms with E-state index in [1.54, 1.807) is 0 Å². The summed E-state index contributed by atoms with van der Waals surface area (Å²) in [6.45, 7) is 0. The lowest BCUT2D eigenvalue weighted by Gasteiger charge is -2.01.